The normalized spacial score (nSPS) is 38.0. The summed E-state index contributed by atoms with van der Waals surface area (Å²) >= 11 is 0. The molecule has 0 aromatic heterocycles. The molecule has 0 N–H and O–H groups in total. The maximum absolute atomic E-state index is 10.7. The molecule has 0 spiro atoms. The van der Waals surface area contributed by atoms with Crippen LogP contribution in [0.25, 0.3) is 0 Å². The predicted octanol–water partition coefficient (Wildman–Crippen LogP) is 1.86. The smallest absolute Gasteiger partial charge is 0.302 e. The number of hydrogen-bond donors (Lipinski definition) is 0. The SMILES string of the molecule is CC(=O)OCC1OCC(C)[C@@H](C)[C@@H]1C. The maximum Gasteiger partial charge on any atom is 0.302 e. The highest BCUT2D eigenvalue weighted by atomic mass is 16.6. The fourth-order valence-electron chi connectivity index (χ4n) is 1.84. The Bertz CT molecular complexity index is 203. The zero-order valence-electron chi connectivity index (χ0n) is 9.45. The first-order valence-corrected chi connectivity index (χ1v) is 5.27. The van der Waals surface area contributed by atoms with E-state index in [1.165, 1.54) is 6.92 Å². The van der Waals surface area contributed by atoms with Crippen molar-refractivity contribution in [1.82, 2.24) is 0 Å². The molecule has 4 atom stereocenters. The summed E-state index contributed by atoms with van der Waals surface area (Å²) in [5.74, 6) is 1.45. The quantitative estimate of drug-likeness (QED) is 0.638. The molecule has 0 radical (unpaired) electrons. The molecule has 1 aliphatic heterocycles. The van der Waals surface area contributed by atoms with Crippen LogP contribution in [0.4, 0.5) is 0 Å². The van der Waals surface area contributed by atoms with Gasteiger partial charge in [-0.25, -0.2) is 0 Å². The lowest BCUT2D eigenvalue weighted by atomic mass is 9.80. The molecule has 1 fully saturated rings. The van der Waals surface area contributed by atoms with Gasteiger partial charge in [0.1, 0.15) is 6.61 Å². The summed E-state index contributed by atoms with van der Waals surface area (Å²) in [5, 5.41) is 0. The van der Waals surface area contributed by atoms with Crippen LogP contribution in [0.15, 0.2) is 0 Å². The monoisotopic (exact) mass is 200 g/mol. The lowest BCUT2D eigenvalue weighted by Gasteiger charge is -2.38. The van der Waals surface area contributed by atoms with E-state index in [2.05, 4.69) is 20.8 Å². The van der Waals surface area contributed by atoms with Gasteiger partial charge < -0.3 is 9.47 Å². The highest BCUT2D eigenvalue weighted by molar-refractivity contribution is 5.65. The number of hydrogen-bond acceptors (Lipinski definition) is 3. The number of carbonyl (C=O) groups is 1. The van der Waals surface area contributed by atoms with Gasteiger partial charge >= 0.3 is 5.97 Å². The first-order valence-electron chi connectivity index (χ1n) is 5.27. The summed E-state index contributed by atoms with van der Waals surface area (Å²) in [6, 6.07) is 0. The van der Waals surface area contributed by atoms with Crippen LogP contribution >= 0.6 is 0 Å². The van der Waals surface area contributed by atoms with Crippen molar-refractivity contribution < 1.29 is 14.3 Å². The topological polar surface area (TPSA) is 35.5 Å². The Morgan fingerprint density at radius 2 is 2.00 bits per heavy atom. The van der Waals surface area contributed by atoms with Gasteiger partial charge in [-0.3, -0.25) is 4.79 Å². The molecule has 1 aliphatic rings. The molecule has 2 unspecified atom stereocenters. The van der Waals surface area contributed by atoms with Gasteiger partial charge in [0.05, 0.1) is 6.10 Å². The molecule has 0 aromatic carbocycles. The molecule has 0 aliphatic carbocycles. The van der Waals surface area contributed by atoms with E-state index < -0.39 is 0 Å². The lowest BCUT2D eigenvalue weighted by Crippen LogP contribution is -2.41. The van der Waals surface area contributed by atoms with E-state index in [1.54, 1.807) is 0 Å². The maximum atomic E-state index is 10.7. The summed E-state index contributed by atoms with van der Waals surface area (Å²) in [6.07, 6.45) is 0.0742. The molecule has 14 heavy (non-hydrogen) atoms. The van der Waals surface area contributed by atoms with Crippen molar-refractivity contribution in [2.75, 3.05) is 13.2 Å². The van der Waals surface area contributed by atoms with Crippen LogP contribution in [-0.2, 0) is 14.3 Å². The second-order valence-electron chi connectivity index (χ2n) is 4.37. The summed E-state index contributed by atoms with van der Waals surface area (Å²) in [7, 11) is 0. The van der Waals surface area contributed by atoms with Gasteiger partial charge in [-0.2, -0.15) is 0 Å². The van der Waals surface area contributed by atoms with E-state index in [-0.39, 0.29) is 12.1 Å². The molecular formula is C11H20O3. The highest BCUT2D eigenvalue weighted by Crippen LogP contribution is 2.30. The van der Waals surface area contributed by atoms with Crippen molar-refractivity contribution in [2.24, 2.45) is 17.8 Å². The first-order chi connectivity index (χ1) is 6.52. The molecule has 3 heteroatoms. The third-order valence-electron chi connectivity index (χ3n) is 3.34. The minimum atomic E-state index is -0.230. The Kier molecular flexibility index (Phi) is 3.93. The number of esters is 1. The number of carbonyl (C=O) groups excluding carboxylic acids is 1. The van der Waals surface area contributed by atoms with E-state index in [0.29, 0.717) is 24.4 Å². The zero-order chi connectivity index (χ0) is 10.7. The van der Waals surface area contributed by atoms with Crippen molar-refractivity contribution in [3.8, 4) is 0 Å². The number of rotatable bonds is 2. The van der Waals surface area contributed by atoms with Crippen LogP contribution in [0.1, 0.15) is 27.7 Å². The standard InChI is InChI=1S/C11H20O3/c1-7-5-14-11(6-13-10(4)12)9(3)8(7)2/h7-9,11H,5-6H2,1-4H3/t7?,8-,9+,11?/m1/s1. The van der Waals surface area contributed by atoms with Gasteiger partial charge in [0, 0.05) is 13.5 Å². The molecular weight excluding hydrogens is 180 g/mol. The summed E-state index contributed by atoms with van der Waals surface area (Å²) < 4.78 is 10.6. The van der Waals surface area contributed by atoms with Crippen molar-refractivity contribution >= 4 is 5.97 Å². The Hall–Kier alpha value is -0.570. The molecule has 82 valence electrons. The van der Waals surface area contributed by atoms with Crippen LogP contribution in [0, 0.1) is 17.8 Å². The Balaban J connectivity index is 2.42. The Morgan fingerprint density at radius 3 is 2.57 bits per heavy atom. The molecule has 1 saturated heterocycles. The molecule has 0 saturated carbocycles. The van der Waals surface area contributed by atoms with E-state index in [0.717, 1.165) is 6.61 Å². The van der Waals surface area contributed by atoms with Crippen molar-refractivity contribution in [1.29, 1.82) is 0 Å². The zero-order valence-corrected chi connectivity index (χ0v) is 9.45. The lowest BCUT2D eigenvalue weighted by molar-refractivity contribution is -0.153. The van der Waals surface area contributed by atoms with E-state index >= 15 is 0 Å². The molecule has 0 aromatic rings. The summed E-state index contributed by atoms with van der Waals surface area (Å²) in [6.45, 7) is 9.20. The van der Waals surface area contributed by atoms with E-state index in [4.69, 9.17) is 9.47 Å². The second kappa shape index (κ2) is 4.78. The van der Waals surface area contributed by atoms with E-state index in [1.807, 2.05) is 0 Å². The van der Waals surface area contributed by atoms with Gasteiger partial charge in [-0.15, -0.1) is 0 Å². The first kappa shape index (κ1) is 11.5. The minimum absolute atomic E-state index is 0.0742. The van der Waals surface area contributed by atoms with E-state index in [9.17, 15) is 4.79 Å². The molecule has 0 amide bonds. The molecule has 1 rings (SSSR count). The van der Waals surface area contributed by atoms with Gasteiger partial charge in [-0.05, 0) is 17.8 Å². The van der Waals surface area contributed by atoms with Gasteiger partial charge in [0.2, 0.25) is 0 Å². The highest BCUT2D eigenvalue weighted by Gasteiger charge is 2.32. The summed E-state index contributed by atoms with van der Waals surface area (Å²) in [4.78, 5) is 10.7. The fraction of sp³-hybridized carbons (Fsp3) is 0.909. The van der Waals surface area contributed by atoms with Crippen LogP contribution < -0.4 is 0 Å². The minimum Gasteiger partial charge on any atom is -0.463 e. The largest absolute Gasteiger partial charge is 0.463 e. The summed E-state index contributed by atoms with van der Waals surface area (Å²) in [5.41, 5.74) is 0. The van der Waals surface area contributed by atoms with Crippen LogP contribution in [0.2, 0.25) is 0 Å². The fourth-order valence-corrected chi connectivity index (χ4v) is 1.84. The number of ether oxygens (including phenoxy) is 2. The van der Waals surface area contributed by atoms with Gasteiger partial charge in [0.15, 0.2) is 0 Å². The van der Waals surface area contributed by atoms with Crippen molar-refractivity contribution in [3.63, 3.8) is 0 Å². The van der Waals surface area contributed by atoms with Crippen molar-refractivity contribution in [3.05, 3.63) is 0 Å². The van der Waals surface area contributed by atoms with Crippen LogP contribution in [0.5, 0.6) is 0 Å². The molecule has 1 heterocycles. The third-order valence-corrected chi connectivity index (χ3v) is 3.34. The van der Waals surface area contributed by atoms with Crippen molar-refractivity contribution in [2.45, 2.75) is 33.8 Å². The van der Waals surface area contributed by atoms with Gasteiger partial charge in [0.25, 0.3) is 0 Å². The van der Waals surface area contributed by atoms with Gasteiger partial charge in [-0.1, -0.05) is 20.8 Å². The predicted molar refractivity (Wildman–Crippen MR) is 53.9 cm³/mol. The molecule has 3 nitrogen and oxygen atoms in total. The van der Waals surface area contributed by atoms with Crippen LogP contribution in [-0.4, -0.2) is 25.3 Å². The average Bonchev–Trinajstić information content (AvgIpc) is 2.13. The van der Waals surface area contributed by atoms with Crippen LogP contribution in [0.3, 0.4) is 0 Å². The third kappa shape index (κ3) is 2.71. The Labute approximate surface area is 85.8 Å². The molecule has 0 bridgehead atoms. The second-order valence-corrected chi connectivity index (χ2v) is 4.37. The Morgan fingerprint density at radius 1 is 1.36 bits per heavy atom. The average molecular weight is 200 g/mol.